The molecule has 140 valence electrons. The van der Waals surface area contributed by atoms with Crippen LogP contribution in [0.5, 0.6) is 0 Å². The van der Waals surface area contributed by atoms with E-state index in [2.05, 4.69) is 16.0 Å². The van der Waals surface area contributed by atoms with Gasteiger partial charge in [-0.25, -0.2) is 9.97 Å². The minimum atomic E-state index is -0.703. The molecule has 8 nitrogen and oxygen atoms in total. The summed E-state index contributed by atoms with van der Waals surface area (Å²) in [7, 11) is 0. The highest BCUT2D eigenvalue weighted by Gasteiger charge is 2.26. The van der Waals surface area contributed by atoms with Gasteiger partial charge < -0.3 is 15.1 Å². The van der Waals surface area contributed by atoms with E-state index in [0.717, 1.165) is 6.42 Å². The molecule has 0 spiro atoms. The second-order valence-electron chi connectivity index (χ2n) is 6.50. The maximum atomic E-state index is 13.4. The van der Waals surface area contributed by atoms with Crippen LogP contribution in [-0.2, 0) is 13.0 Å². The Bertz CT molecular complexity index is 1210. The molecule has 4 aromatic heterocycles. The van der Waals surface area contributed by atoms with Crippen molar-refractivity contribution in [2.45, 2.75) is 13.0 Å². The molecular formula is C19H15N5O3S. The molecule has 1 aliphatic rings. The van der Waals surface area contributed by atoms with Crippen molar-refractivity contribution in [1.29, 1.82) is 0 Å². The van der Waals surface area contributed by atoms with Crippen molar-refractivity contribution in [3.8, 4) is 11.5 Å². The zero-order chi connectivity index (χ0) is 19.3. The number of amides is 2. The first-order chi connectivity index (χ1) is 13.6. The highest BCUT2D eigenvalue weighted by Crippen LogP contribution is 2.27. The number of hydrogen-bond acceptors (Lipinski definition) is 6. The molecular weight excluding hydrogens is 378 g/mol. The van der Waals surface area contributed by atoms with Gasteiger partial charge in [0.15, 0.2) is 17.1 Å². The van der Waals surface area contributed by atoms with Crippen LogP contribution >= 0.6 is 11.3 Å². The number of hydrogen-bond donors (Lipinski definition) is 1. The van der Waals surface area contributed by atoms with Crippen LogP contribution in [0.4, 0.5) is 0 Å². The second-order valence-corrected chi connectivity index (χ2v) is 7.50. The first kappa shape index (κ1) is 16.7. The maximum Gasteiger partial charge on any atom is 0.271 e. The number of carbonyl (C=O) groups is 2. The number of imidazole rings is 1. The number of thiophene rings is 1. The molecule has 9 heteroatoms. The molecule has 28 heavy (non-hydrogen) atoms. The van der Waals surface area contributed by atoms with Gasteiger partial charge in [0, 0.05) is 18.0 Å². The number of carbonyl (C=O) groups excluding carboxylic acids is 2. The van der Waals surface area contributed by atoms with Crippen LogP contribution in [0.2, 0.25) is 0 Å². The zero-order valence-electron chi connectivity index (χ0n) is 14.7. The molecule has 0 unspecified atom stereocenters. The van der Waals surface area contributed by atoms with Gasteiger partial charge in [-0.2, -0.15) is 0 Å². The predicted molar refractivity (Wildman–Crippen MR) is 102 cm³/mol. The number of fused-ring (bicyclic) bond motifs is 2. The smallest absolute Gasteiger partial charge is 0.271 e. The average Bonchev–Trinajstić information content (AvgIpc) is 3.45. The van der Waals surface area contributed by atoms with Gasteiger partial charge in [-0.1, -0.05) is 0 Å². The highest BCUT2D eigenvalue weighted by atomic mass is 32.1. The average molecular weight is 393 g/mol. The summed E-state index contributed by atoms with van der Waals surface area (Å²) >= 11 is 1.72. The van der Waals surface area contributed by atoms with Crippen molar-refractivity contribution in [1.82, 2.24) is 19.3 Å². The monoisotopic (exact) mass is 393 g/mol. The zero-order valence-corrected chi connectivity index (χ0v) is 15.5. The summed E-state index contributed by atoms with van der Waals surface area (Å²) in [5, 5.41) is 2.05. The van der Waals surface area contributed by atoms with E-state index in [4.69, 9.17) is 10.2 Å². The van der Waals surface area contributed by atoms with E-state index < -0.39 is 5.91 Å². The minimum absolute atomic E-state index is 0.0150. The molecule has 1 aliphatic heterocycles. The van der Waals surface area contributed by atoms with Crippen LogP contribution in [-0.4, -0.2) is 37.6 Å². The lowest BCUT2D eigenvalue weighted by Crippen LogP contribution is -2.36. The Morgan fingerprint density at radius 2 is 2.18 bits per heavy atom. The molecule has 0 aliphatic carbocycles. The number of nitrogens with zero attached hydrogens (tertiary/aromatic N) is 4. The van der Waals surface area contributed by atoms with Crippen molar-refractivity contribution in [3.63, 3.8) is 0 Å². The third kappa shape index (κ3) is 2.59. The predicted octanol–water partition coefficient (Wildman–Crippen LogP) is 2.35. The topological polar surface area (TPSA) is 107 Å². The van der Waals surface area contributed by atoms with E-state index in [-0.39, 0.29) is 17.2 Å². The summed E-state index contributed by atoms with van der Waals surface area (Å²) in [6.45, 7) is 1.18. The van der Waals surface area contributed by atoms with E-state index in [0.29, 0.717) is 30.2 Å². The third-order valence-electron chi connectivity index (χ3n) is 4.82. The highest BCUT2D eigenvalue weighted by molar-refractivity contribution is 7.10. The van der Waals surface area contributed by atoms with Crippen LogP contribution in [0.3, 0.4) is 0 Å². The Balaban J connectivity index is 1.64. The van der Waals surface area contributed by atoms with Crippen LogP contribution in [0, 0.1) is 0 Å². The van der Waals surface area contributed by atoms with E-state index in [1.54, 1.807) is 34.4 Å². The Morgan fingerprint density at radius 3 is 2.96 bits per heavy atom. The number of furan rings is 1. The van der Waals surface area contributed by atoms with Crippen molar-refractivity contribution >= 4 is 28.8 Å². The van der Waals surface area contributed by atoms with Crippen LogP contribution < -0.4 is 5.73 Å². The summed E-state index contributed by atoms with van der Waals surface area (Å²) in [5.74, 6) is -0.372. The van der Waals surface area contributed by atoms with Crippen molar-refractivity contribution in [3.05, 3.63) is 64.1 Å². The fourth-order valence-corrected chi connectivity index (χ4v) is 4.33. The second kappa shape index (κ2) is 6.31. The van der Waals surface area contributed by atoms with Crippen LogP contribution in [0.1, 0.15) is 31.4 Å². The lowest BCUT2D eigenvalue weighted by molar-refractivity contribution is 0.0728. The van der Waals surface area contributed by atoms with Crippen molar-refractivity contribution < 1.29 is 14.0 Å². The number of primary amides is 1. The summed E-state index contributed by atoms with van der Waals surface area (Å²) < 4.78 is 6.94. The van der Waals surface area contributed by atoms with Gasteiger partial charge in [-0.3, -0.25) is 14.0 Å². The van der Waals surface area contributed by atoms with Crippen LogP contribution in [0.15, 0.2) is 46.7 Å². The van der Waals surface area contributed by atoms with Gasteiger partial charge in [-0.05, 0) is 41.6 Å². The Hall–Kier alpha value is -3.46. The van der Waals surface area contributed by atoms with Crippen molar-refractivity contribution in [2.75, 3.05) is 6.54 Å². The van der Waals surface area contributed by atoms with E-state index in [1.807, 2.05) is 5.38 Å². The molecule has 0 radical (unpaired) electrons. The van der Waals surface area contributed by atoms with Gasteiger partial charge in [0.2, 0.25) is 0 Å². The molecule has 2 amide bonds. The van der Waals surface area contributed by atoms with E-state index in [9.17, 15) is 9.59 Å². The van der Waals surface area contributed by atoms with Gasteiger partial charge in [-0.15, -0.1) is 11.3 Å². The summed E-state index contributed by atoms with van der Waals surface area (Å²) in [4.78, 5) is 36.7. The summed E-state index contributed by atoms with van der Waals surface area (Å²) in [5.41, 5.74) is 7.65. The standard InChI is InChI=1S/C19H15N5O3S/c20-17(25)16-18-22-12(14-2-1-6-27-14)8-13(24(18)10-21-16)19(26)23-5-3-15-11(9-23)4-7-28-15/h1-2,4,6-8,10H,3,5,9H2,(H2,20,25). The van der Waals surface area contributed by atoms with Crippen LogP contribution in [0.25, 0.3) is 17.1 Å². The molecule has 5 heterocycles. The fourth-order valence-electron chi connectivity index (χ4n) is 3.44. The first-order valence-electron chi connectivity index (χ1n) is 8.68. The molecule has 0 bridgehead atoms. The molecule has 5 rings (SSSR count). The van der Waals surface area contributed by atoms with Gasteiger partial charge >= 0.3 is 0 Å². The Morgan fingerprint density at radius 1 is 1.29 bits per heavy atom. The Kier molecular flexibility index (Phi) is 3.76. The van der Waals surface area contributed by atoms with E-state index >= 15 is 0 Å². The molecule has 0 saturated heterocycles. The summed E-state index contributed by atoms with van der Waals surface area (Å²) in [6, 6.07) is 7.19. The van der Waals surface area contributed by atoms with Crippen molar-refractivity contribution in [2.24, 2.45) is 5.73 Å². The number of aromatic nitrogens is 3. The molecule has 0 atom stereocenters. The first-order valence-corrected chi connectivity index (χ1v) is 9.56. The lowest BCUT2D eigenvalue weighted by atomic mass is 10.1. The maximum absolute atomic E-state index is 13.4. The molecule has 2 N–H and O–H groups in total. The van der Waals surface area contributed by atoms with Gasteiger partial charge in [0.1, 0.15) is 17.7 Å². The summed E-state index contributed by atoms with van der Waals surface area (Å²) in [6.07, 6.45) is 3.76. The normalized spacial score (nSPS) is 13.6. The minimum Gasteiger partial charge on any atom is -0.463 e. The quantitative estimate of drug-likeness (QED) is 0.575. The molecule has 0 saturated carbocycles. The largest absolute Gasteiger partial charge is 0.463 e. The Labute approximate surface area is 163 Å². The van der Waals surface area contributed by atoms with E-state index in [1.165, 1.54) is 27.4 Å². The molecule has 0 aromatic carbocycles. The number of nitrogens with two attached hydrogens (primary N) is 1. The fraction of sp³-hybridized carbons (Fsp3) is 0.158. The third-order valence-corrected chi connectivity index (χ3v) is 5.85. The molecule has 0 fully saturated rings. The lowest BCUT2D eigenvalue weighted by Gasteiger charge is -2.27. The number of rotatable bonds is 3. The van der Waals surface area contributed by atoms with Gasteiger partial charge in [0.05, 0.1) is 6.26 Å². The molecule has 4 aromatic rings. The SMILES string of the molecule is NC(=O)c1ncn2c(C(=O)N3CCc4sccc4C3)cc(-c3ccco3)nc12. The van der Waals surface area contributed by atoms with Gasteiger partial charge in [0.25, 0.3) is 11.8 Å².